The number of thiophene rings is 1. The summed E-state index contributed by atoms with van der Waals surface area (Å²) in [5.41, 5.74) is 2.04. The van der Waals surface area contributed by atoms with Crippen molar-refractivity contribution >= 4 is 11.3 Å². The molecule has 0 radical (unpaired) electrons. The predicted molar refractivity (Wildman–Crippen MR) is 81.8 cm³/mol. The highest BCUT2D eigenvalue weighted by atomic mass is 32.1. The van der Waals surface area contributed by atoms with Crippen molar-refractivity contribution in [3.05, 3.63) is 51.2 Å². The third-order valence-electron chi connectivity index (χ3n) is 3.30. The fourth-order valence-corrected chi connectivity index (χ4v) is 3.00. The van der Waals surface area contributed by atoms with Crippen molar-refractivity contribution in [3.63, 3.8) is 0 Å². The summed E-state index contributed by atoms with van der Waals surface area (Å²) in [6, 6.07) is 10.4. The van der Waals surface area contributed by atoms with Crippen LogP contribution in [0.5, 0.6) is 5.75 Å². The first-order valence-corrected chi connectivity index (χ1v) is 7.52. The Morgan fingerprint density at radius 1 is 1.21 bits per heavy atom. The molecule has 0 saturated heterocycles. The number of benzene rings is 1. The molecule has 0 aliphatic carbocycles. The Bertz CT molecular complexity index is 547. The second-order valence-electron chi connectivity index (χ2n) is 4.89. The van der Waals surface area contributed by atoms with Gasteiger partial charge < -0.3 is 10.4 Å². The summed E-state index contributed by atoms with van der Waals surface area (Å²) in [7, 11) is 0. The Balaban J connectivity index is 1.98. The second-order valence-corrected chi connectivity index (χ2v) is 6.14. The SMILES string of the molecule is CCc1ccc(CNC(C)c2ccc(C)cc2O)s1. The van der Waals surface area contributed by atoms with Gasteiger partial charge in [0.15, 0.2) is 0 Å². The molecular weight excluding hydrogens is 254 g/mol. The van der Waals surface area contributed by atoms with E-state index in [4.69, 9.17) is 0 Å². The summed E-state index contributed by atoms with van der Waals surface area (Å²) in [5, 5.41) is 13.4. The molecular formula is C16H21NOS. The minimum atomic E-state index is 0.146. The van der Waals surface area contributed by atoms with Crippen LogP contribution in [0.15, 0.2) is 30.3 Å². The normalized spacial score (nSPS) is 12.6. The van der Waals surface area contributed by atoms with E-state index >= 15 is 0 Å². The van der Waals surface area contributed by atoms with E-state index in [0.717, 1.165) is 24.1 Å². The Morgan fingerprint density at radius 2 is 1.95 bits per heavy atom. The molecule has 1 aromatic carbocycles. The molecule has 0 aliphatic rings. The first-order chi connectivity index (χ1) is 9.10. The molecule has 2 N–H and O–H groups in total. The maximum atomic E-state index is 9.96. The van der Waals surface area contributed by atoms with E-state index in [1.165, 1.54) is 9.75 Å². The summed E-state index contributed by atoms with van der Waals surface area (Å²) in [4.78, 5) is 2.76. The maximum Gasteiger partial charge on any atom is 0.120 e. The lowest BCUT2D eigenvalue weighted by Crippen LogP contribution is -2.17. The van der Waals surface area contributed by atoms with Crippen LogP contribution in [-0.4, -0.2) is 5.11 Å². The highest BCUT2D eigenvalue weighted by Gasteiger charge is 2.10. The smallest absolute Gasteiger partial charge is 0.120 e. The van der Waals surface area contributed by atoms with Gasteiger partial charge in [-0.2, -0.15) is 0 Å². The predicted octanol–water partition coefficient (Wildman–Crippen LogP) is 4.18. The van der Waals surface area contributed by atoms with Gasteiger partial charge in [0, 0.05) is 27.9 Å². The number of aromatic hydroxyl groups is 1. The molecule has 2 nitrogen and oxygen atoms in total. The van der Waals surface area contributed by atoms with Gasteiger partial charge in [-0.15, -0.1) is 11.3 Å². The average Bonchev–Trinajstić information content (AvgIpc) is 2.84. The third-order valence-corrected chi connectivity index (χ3v) is 4.53. The Kier molecular flexibility index (Phi) is 4.61. The Labute approximate surface area is 119 Å². The Morgan fingerprint density at radius 3 is 2.58 bits per heavy atom. The number of nitrogens with one attached hydrogen (secondary N) is 1. The summed E-state index contributed by atoms with van der Waals surface area (Å²) >= 11 is 1.85. The molecule has 3 heteroatoms. The first kappa shape index (κ1) is 14.1. The van der Waals surface area contributed by atoms with Crippen LogP contribution in [0.1, 0.15) is 40.8 Å². The molecule has 0 bridgehead atoms. The first-order valence-electron chi connectivity index (χ1n) is 6.70. The summed E-state index contributed by atoms with van der Waals surface area (Å²) in [6.45, 7) is 7.09. The molecule has 0 spiro atoms. The van der Waals surface area contributed by atoms with Gasteiger partial charge in [0.25, 0.3) is 0 Å². The number of rotatable bonds is 5. The zero-order valence-corrected chi connectivity index (χ0v) is 12.6. The van der Waals surface area contributed by atoms with Crippen molar-refractivity contribution in [2.45, 2.75) is 39.8 Å². The summed E-state index contributed by atoms with van der Waals surface area (Å²) in [5.74, 6) is 0.375. The largest absolute Gasteiger partial charge is 0.508 e. The molecule has 1 aromatic heterocycles. The molecule has 0 aliphatic heterocycles. The van der Waals surface area contributed by atoms with Gasteiger partial charge in [-0.3, -0.25) is 0 Å². The van der Waals surface area contributed by atoms with Crippen LogP contribution in [0.2, 0.25) is 0 Å². The minimum absolute atomic E-state index is 0.146. The van der Waals surface area contributed by atoms with Crippen LogP contribution in [0, 0.1) is 6.92 Å². The van der Waals surface area contributed by atoms with Gasteiger partial charge in [0.1, 0.15) is 5.75 Å². The maximum absolute atomic E-state index is 9.96. The highest BCUT2D eigenvalue weighted by molar-refractivity contribution is 7.11. The average molecular weight is 275 g/mol. The van der Waals surface area contributed by atoms with E-state index in [1.807, 2.05) is 36.5 Å². The molecule has 1 atom stereocenters. The van der Waals surface area contributed by atoms with E-state index in [-0.39, 0.29) is 6.04 Å². The second kappa shape index (κ2) is 6.22. The van der Waals surface area contributed by atoms with E-state index in [0.29, 0.717) is 5.75 Å². The molecule has 1 heterocycles. The van der Waals surface area contributed by atoms with Gasteiger partial charge in [0.05, 0.1) is 0 Å². The molecule has 19 heavy (non-hydrogen) atoms. The van der Waals surface area contributed by atoms with Crippen LogP contribution >= 0.6 is 11.3 Å². The number of hydrogen-bond acceptors (Lipinski definition) is 3. The van der Waals surface area contributed by atoms with Crippen molar-refractivity contribution in [2.24, 2.45) is 0 Å². The molecule has 1 unspecified atom stereocenters. The number of aryl methyl sites for hydroxylation is 2. The van der Waals surface area contributed by atoms with Crippen LogP contribution in [0.3, 0.4) is 0 Å². The van der Waals surface area contributed by atoms with E-state index in [1.54, 1.807) is 0 Å². The van der Waals surface area contributed by atoms with E-state index in [9.17, 15) is 5.11 Å². The monoisotopic (exact) mass is 275 g/mol. The highest BCUT2D eigenvalue weighted by Crippen LogP contribution is 2.25. The standard InChI is InChI=1S/C16H21NOS/c1-4-13-6-7-14(19-13)10-17-12(3)15-8-5-11(2)9-16(15)18/h5-9,12,17-18H,4,10H2,1-3H3. The molecule has 2 rings (SSSR count). The zero-order valence-electron chi connectivity index (χ0n) is 11.7. The van der Waals surface area contributed by atoms with Gasteiger partial charge >= 0.3 is 0 Å². The van der Waals surface area contributed by atoms with Gasteiger partial charge in [-0.25, -0.2) is 0 Å². The third kappa shape index (κ3) is 3.58. The molecule has 102 valence electrons. The zero-order chi connectivity index (χ0) is 13.8. The van der Waals surface area contributed by atoms with Crippen molar-refractivity contribution in [3.8, 4) is 5.75 Å². The lowest BCUT2D eigenvalue weighted by molar-refractivity contribution is 0.452. The van der Waals surface area contributed by atoms with Gasteiger partial charge in [0.2, 0.25) is 0 Å². The number of hydrogen-bond donors (Lipinski definition) is 2. The quantitative estimate of drug-likeness (QED) is 0.858. The molecule has 2 aromatic rings. The number of phenolic OH excluding ortho intramolecular Hbond substituents is 1. The molecule has 0 saturated carbocycles. The van der Waals surface area contributed by atoms with Crippen molar-refractivity contribution in [2.75, 3.05) is 0 Å². The number of phenols is 1. The molecule has 0 fully saturated rings. The molecule has 0 amide bonds. The fourth-order valence-electron chi connectivity index (χ4n) is 2.09. The minimum Gasteiger partial charge on any atom is -0.508 e. The van der Waals surface area contributed by atoms with Crippen LogP contribution < -0.4 is 5.32 Å². The fraction of sp³-hybridized carbons (Fsp3) is 0.375. The van der Waals surface area contributed by atoms with Crippen molar-refractivity contribution in [1.82, 2.24) is 5.32 Å². The topological polar surface area (TPSA) is 32.3 Å². The van der Waals surface area contributed by atoms with Gasteiger partial charge in [-0.1, -0.05) is 19.1 Å². The summed E-state index contributed by atoms with van der Waals surface area (Å²) in [6.07, 6.45) is 1.10. The van der Waals surface area contributed by atoms with Crippen LogP contribution in [-0.2, 0) is 13.0 Å². The van der Waals surface area contributed by atoms with E-state index < -0.39 is 0 Å². The van der Waals surface area contributed by atoms with E-state index in [2.05, 4.69) is 31.3 Å². The van der Waals surface area contributed by atoms with Crippen molar-refractivity contribution < 1.29 is 5.11 Å². The van der Waals surface area contributed by atoms with Crippen LogP contribution in [0.25, 0.3) is 0 Å². The van der Waals surface area contributed by atoms with Crippen molar-refractivity contribution in [1.29, 1.82) is 0 Å². The summed E-state index contributed by atoms with van der Waals surface area (Å²) < 4.78 is 0. The lowest BCUT2D eigenvalue weighted by Gasteiger charge is -2.15. The van der Waals surface area contributed by atoms with Crippen LogP contribution in [0.4, 0.5) is 0 Å². The Hall–Kier alpha value is -1.32. The lowest BCUT2D eigenvalue weighted by atomic mass is 10.1. The van der Waals surface area contributed by atoms with Gasteiger partial charge in [-0.05, 0) is 44.0 Å².